The Hall–Kier alpha value is -2.71. The first kappa shape index (κ1) is 14.2. The van der Waals surface area contributed by atoms with Gasteiger partial charge in [0.1, 0.15) is 5.52 Å². The summed E-state index contributed by atoms with van der Waals surface area (Å²) in [7, 11) is 0. The van der Waals surface area contributed by atoms with E-state index >= 15 is 0 Å². The third-order valence-electron chi connectivity index (χ3n) is 3.54. The highest BCUT2D eigenvalue weighted by Crippen LogP contribution is 2.29. The van der Waals surface area contributed by atoms with Gasteiger partial charge in [-0.1, -0.05) is 32.9 Å². The molecule has 4 heteroatoms. The Morgan fingerprint density at radius 2 is 1.82 bits per heavy atom. The summed E-state index contributed by atoms with van der Waals surface area (Å²) in [5, 5.41) is 0. The summed E-state index contributed by atoms with van der Waals surface area (Å²) >= 11 is 0. The second-order valence-electron chi connectivity index (χ2n) is 6.20. The highest BCUT2D eigenvalue weighted by atomic mass is 16.3. The molecule has 0 aliphatic heterocycles. The van der Waals surface area contributed by atoms with Gasteiger partial charge in [0.2, 0.25) is 12.0 Å². The van der Waals surface area contributed by atoms with Gasteiger partial charge in [-0.3, -0.25) is 0 Å². The Morgan fingerprint density at radius 3 is 2.45 bits per heavy atom. The fourth-order valence-electron chi connectivity index (χ4n) is 2.27. The lowest BCUT2D eigenvalue weighted by Gasteiger charge is -2.18. The van der Waals surface area contributed by atoms with Crippen molar-refractivity contribution in [3.8, 4) is 11.5 Å². The molecule has 0 N–H and O–H groups in total. The SMILES string of the molecule is CC(C)(C)c1ccc(-c2nc3cc(N=C=O)ccc3o2)cc1. The Bertz CT molecular complexity index is 864. The van der Waals surface area contributed by atoms with Gasteiger partial charge in [0.15, 0.2) is 5.58 Å². The van der Waals surface area contributed by atoms with Crippen LogP contribution in [0.3, 0.4) is 0 Å². The molecule has 2 aromatic carbocycles. The van der Waals surface area contributed by atoms with Crippen LogP contribution in [0.5, 0.6) is 0 Å². The molecule has 0 saturated carbocycles. The third kappa shape index (κ3) is 2.69. The van der Waals surface area contributed by atoms with Crippen LogP contribution in [-0.2, 0) is 10.2 Å². The number of hydrogen-bond donors (Lipinski definition) is 0. The fourth-order valence-corrected chi connectivity index (χ4v) is 2.27. The number of aromatic nitrogens is 1. The molecule has 0 spiro atoms. The molecule has 4 nitrogen and oxygen atoms in total. The third-order valence-corrected chi connectivity index (χ3v) is 3.54. The van der Waals surface area contributed by atoms with Crippen molar-refractivity contribution in [2.75, 3.05) is 0 Å². The summed E-state index contributed by atoms with van der Waals surface area (Å²) in [6.45, 7) is 6.53. The van der Waals surface area contributed by atoms with Crippen molar-refractivity contribution in [2.45, 2.75) is 26.2 Å². The van der Waals surface area contributed by atoms with Gasteiger partial charge in [0, 0.05) is 5.56 Å². The van der Waals surface area contributed by atoms with Gasteiger partial charge in [0.05, 0.1) is 5.69 Å². The number of hydrogen-bond acceptors (Lipinski definition) is 4. The summed E-state index contributed by atoms with van der Waals surface area (Å²) in [5.74, 6) is 0.558. The Labute approximate surface area is 128 Å². The van der Waals surface area contributed by atoms with Crippen LogP contribution in [0.15, 0.2) is 51.9 Å². The largest absolute Gasteiger partial charge is 0.436 e. The molecule has 0 saturated heterocycles. The second kappa shape index (κ2) is 5.24. The minimum absolute atomic E-state index is 0.113. The minimum Gasteiger partial charge on any atom is -0.436 e. The number of carbonyl (C=O) groups excluding carboxylic acids is 1. The summed E-state index contributed by atoms with van der Waals surface area (Å²) < 4.78 is 5.76. The van der Waals surface area contributed by atoms with Crippen molar-refractivity contribution in [3.05, 3.63) is 48.0 Å². The van der Waals surface area contributed by atoms with Crippen LogP contribution in [0.1, 0.15) is 26.3 Å². The standard InChI is InChI=1S/C18H16N2O2/c1-18(2,3)13-6-4-12(5-7-13)17-20-15-10-14(19-11-21)8-9-16(15)22-17/h4-10H,1-3H3. The molecule has 3 rings (SSSR count). The van der Waals surface area contributed by atoms with Crippen LogP contribution in [0.2, 0.25) is 0 Å². The monoisotopic (exact) mass is 292 g/mol. The molecule has 1 aromatic heterocycles. The molecule has 0 fully saturated rings. The highest BCUT2D eigenvalue weighted by Gasteiger charge is 2.14. The van der Waals surface area contributed by atoms with E-state index in [1.54, 1.807) is 18.2 Å². The van der Waals surface area contributed by atoms with E-state index in [9.17, 15) is 4.79 Å². The number of aliphatic imine (C=N–C) groups is 1. The van der Waals surface area contributed by atoms with Gasteiger partial charge < -0.3 is 4.42 Å². The van der Waals surface area contributed by atoms with Crippen LogP contribution >= 0.6 is 0 Å². The first-order valence-electron chi connectivity index (χ1n) is 7.07. The van der Waals surface area contributed by atoms with E-state index in [0.29, 0.717) is 22.7 Å². The zero-order valence-corrected chi connectivity index (χ0v) is 12.8. The Kier molecular flexibility index (Phi) is 3.39. The number of nitrogens with zero attached hydrogens (tertiary/aromatic N) is 2. The first-order chi connectivity index (χ1) is 10.5. The Morgan fingerprint density at radius 1 is 1.09 bits per heavy atom. The van der Waals surface area contributed by atoms with Gasteiger partial charge >= 0.3 is 0 Å². The molecule has 0 amide bonds. The van der Waals surface area contributed by atoms with Gasteiger partial charge in [-0.05, 0) is 41.3 Å². The molecule has 0 atom stereocenters. The zero-order valence-electron chi connectivity index (χ0n) is 12.8. The predicted octanol–water partition coefficient (Wildman–Crippen LogP) is 4.76. The lowest BCUT2D eigenvalue weighted by Crippen LogP contribution is -2.10. The van der Waals surface area contributed by atoms with Crippen LogP contribution in [0.4, 0.5) is 5.69 Å². The maximum Gasteiger partial charge on any atom is 0.240 e. The van der Waals surface area contributed by atoms with E-state index in [1.807, 2.05) is 12.1 Å². The molecular formula is C18H16N2O2. The molecule has 0 aliphatic rings. The van der Waals surface area contributed by atoms with Crippen molar-refractivity contribution in [3.63, 3.8) is 0 Å². The van der Waals surface area contributed by atoms with Crippen LogP contribution < -0.4 is 0 Å². The second-order valence-corrected chi connectivity index (χ2v) is 6.20. The summed E-state index contributed by atoms with van der Waals surface area (Å²) in [6.07, 6.45) is 1.52. The topological polar surface area (TPSA) is 55.5 Å². The number of rotatable bonds is 2. The summed E-state index contributed by atoms with van der Waals surface area (Å²) in [6, 6.07) is 13.4. The van der Waals surface area contributed by atoms with Crippen LogP contribution in [0.25, 0.3) is 22.6 Å². The lowest BCUT2D eigenvalue weighted by molar-refractivity contribution is 0.565. The number of fused-ring (bicyclic) bond motifs is 1. The zero-order chi connectivity index (χ0) is 15.7. The quantitative estimate of drug-likeness (QED) is 0.505. The van der Waals surface area contributed by atoms with E-state index < -0.39 is 0 Å². The maximum atomic E-state index is 10.3. The molecule has 22 heavy (non-hydrogen) atoms. The molecule has 1 heterocycles. The fraction of sp³-hybridized carbons (Fsp3) is 0.222. The van der Waals surface area contributed by atoms with Gasteiger partial charge in [-0.25, -0.2) is 9.78 Å². The summed E-state index contributed by atoms with van der Waals surface area (Å²) in [4.78, 5) is 18.4. The van der Waals surface area contributed by atoms with Gasteiger partial charge in [0.25, 0.3) is 0 Å². The van der Waals surface area contributed by atoms with Crippen molar-refractivity contribution in [1.29, 1.82) is 0 Å². The average Bonchev–Trinajstić information content (AvgIpc) is 2.90. The molecule has 0 unspecified atom stereocenters. The number of isocyanates is 1. The van der Waals surface area contributed by atoms with E-state index in [1.165, 1.54) is 11.6 Å². The first-order valence-corrected chi connectivity index (χ1v) is 7.07. The Balaban J connectivity index is 2.01. The average molecular weight is 292 g/mol. The van der Waals surface area contributed by atoms with Gasteiger partial charge in [-0.15, -0.1) is 0 Å². The van der Waals surface area contributed by atoms with E-state index in [4.69, 9.17) is 4.42 Å². The highest BCUT2D eigenvalue weighted by molar-refractivity contribution is 5.79. The summed E-state index contributed by atoms with van der Waals surface area (Å²) in [5.41, 5.74) is 4.15. The predicted molar refractivity (Wildman–Crippen MR) is 85.9 cm³/mol. The molecule has 0 bridgehead atoms. The normalized spacial score (nSPS) is 11.4. The lowest BCUT2D eigenvalue weighted by atomic mass is 9.87. The smallest absolute Gasteiger partial charge is 0.240 e. The molecule has 0 aliphatic carbocycles. The van der Waals surface area contributed by atoms with Crippen LogP contribution in [0, 0.1) is 0 Å². The van der Waals surface area contributed by atoms with Crippen LogP contribution in [-0.4, -0.2) is 11.1 Å². The van der Waals surface area contributed by atoms with E-state index in [2.05, 4.69) is 42.9 Å². The van der Waals surface area contributed by atoms with E-state index in [0.717, 1.165) is 5.56 Å². The van der Waals surface area contributed by atoms with Gasteiger partial charge in [-0.2, -0.15) is 4.99 Å². The molecule has 3 aromatic rings. The van der Waals surface area contributed by atoms with Crippen molar-refractivity contribution in [2.24, 2.45) is 4.99 Å². The molecular weight excluding hydrogens is 276 g/mol. The molecule has 110 valence electrons. The van der Waals surface area contributed by atoms with Crippen molar-refractivity contribution < 1.29 is 9.21 Å². The van der Waals surface area contributed by atoms with Crippen molar-refractivity contribution >= 4 is 22.9 Å². The minimum atomic E-state index is 0.113. The number of oxazole rings is 1. The maximum absolute atomic E-state index is 10.3. The van der Waals surface area contributed by atoms with Crippen molar-refractivity contribution in [1.82, 2.24) is 4.98 Å². The van der Waals surface area contributed by atoms with E-state index in [-0.39, 0.29) is 5.41 Å². The molecule has 0 radical (unpaired) electrons. The number of benzene rings is 2.